The van der Waals surface area contributed by atoms with Gasteiger partial charge in [-0.25, -0.2) is 24.0 Å². The van der Waals surface area contributed by atoms with Crippen molar-refractivity contribution in [3.63, 3.8) is 0 Å². The number of hydrogen-bond acceptors (Lipinski definition) is 8. The topological polar surface area (TPSA) is 122 Å². The molecule has 4 aliphatic rings. The van der Waals surface area contributed by atoms with Gasteiger partial charge in [-0.3, -0.25) is 10.1 Å². The zero-order chi connectivity index (χ0) is 22.4. The molecule has 3 aliphatic heterocycles. The van der Waals surface area contributed by atoms with E-state index in [9.17, 15) is 18.4 Å². The van der Waals surface area contributed by atoms with Gasteiger partial charge < -0.3 is 16.0 Å². The fourth-order valence-electron chi connectivity index (χ4n) is 3.44. The first-order valence-electron chi connectivity index (χ1n) is 10.1. The number of fused-ring (bicyclic) bond motifs is 1. The summed E-state index contributed by atoms with van der Waals surface area (Å²) in [6, 6.07) is 3.02. The molecule has 0 bridgehead atoms. The lowest BCUT2D eigenvalue weighted by Gasteiger charge is -2.27. The second-order valence-electron chi connectivity index (χ2n) is 7.81. The van der Waals surface area contributed by atoms with E-state index in [4.69, 9.17) is 0 Å². The van der Waals surface area contributed by atoms with E-state index in [0.29, 0.717) is 35.5 Å². The molecule has 1 aromatic rings. The first-order chi connectivity index (χ1) is 15.4. The van der Waals surface area contributed by atoms with Crippen LogP contribution >= 0.6 is 0 Å². The van der Waals surface area contributed by atoms with Crippen LogP contribution in [0, 0.1) is 11.6 Å². The Morgan fingerprint density at radius 2 is 2.00 bits per heavy atom. The highest BCUT2D eigenvalue weighted by atomic mass is 19.2. The van der Waals surface area contributed by atoms with Crippen molar-refractivity contribution in [2.45, 2.75) is 31.8 Å². The van der Waals surface area contributed by atoms with E-state index in [1.165, 1.54) is 6.07 Å². The Hall–Kier alpha value is -3.80. The predicted molar refractivity (Wildman–Crippen MR) is 111 cm³/mol. The summed E-state index contributed by atoms with van der Waals surface area (Å²) >= 11 is 0. The van der Waals surface area contributed by atoms with Crippen LogP contribution in [0.1, 0.15) is 31.4 Å². The third kappa shape index (κ3) is 3.91. The van der Waals surface area contributed by atoms with E-state index in [1.54, 1.807) is 18.0 Å². The zero-order valence-corrected chi connectivity index (χ0v) is 17.0. The monoisotopic (exact) mass is 442 g/mol. The van der Waals surface area contributed by atoms with Gasteiger partial charge in [-0.05, 0) is 43.5 Å². The van der Waals surface area contributed by atoms with E-state index < -0.39 is 29.6 Å². The molecule has 0 aromatic heterocycles. The van der Waals surface area contributed by atoms with Crippen LogP contribution in [0.4, 0.5) is 13.6 Å². The Labute approximate surface area is 181 Å². The molecule has 3 amide bonds. The van der Waals surface area contributed by atoms with Crippen LogP contribution in [0.25, 0.3) is 0 Å². The van der Waals surface area contributed by atoms with Crippen LogP contribution in [-0.4, -0.2) is 41.5 Å². The summed E-state index contributed by atoms with van der Waals surface area (Å²) in [6.45, 7) is 2.15. The Kier molecular flexibility index (Phi) is 4.85. The molecule has 1 aromatic carbocycles. The number of hydrazine groups is 1. The number of nitrogens with one attached hydrogen (secondary N) is 5. The molecular formula is C20H20F2N8O2. The lowest BCUT2D eigenvalue weighted by atomic mass is 10.1. The minimum atomic E-state index is -0.930. The smallest absolute Gasteiger partial charge is 0.326 e. The molecule has 0 radical (unpaired) electrons. The van der Waals surface area contributed by atoms with Crippen molar-refractivity contribution in [1.82, 2.24) is 31.7 Å². The first kappa shape index (κ1) is 20.1. The number of amides is 3. The highest BCUT2D eigenvalue weighted by Gasteiger charge is 2.34. The molecule has 1 saturated carbocycles. The van der Waals surface area contributed by atoms with Crippen LogP contribution in [-0.2, 0) is 4.79 Å². The molecule has 1 atom stereocenters. The largest absolute Gasteiger partial charge is 0.352 e. The summed E-state index contributed by atoms with van der Waals surface area (Å²) in [5, 5.41) is 12.8. The molecule has 0 spiro atoms. The van der Waals surface area contributed by atoms with E-state index >= 15 is 0 Å². The number of benzene rings is 1. The number of nitrogens with zero attached hydrogens (tertiary/aromatic N) is 3. The Balaban J connectivity index is 1.45. The van der Waals surface area contributed by atoms with Crippen molar-refractivity contribution in [2.24, 2.45) is 9.98 Å². The number of carbonyl (C=O) groups is 2. The quantitative estimate of drug-likeness (QED) is 0.348. The standard InChI is InChI=1S/C20H20F2N8O2/c1-9(10-2-5-13(21)14(22)6-10)24-18-27-16-11(7-15-17(31)28-20(32)26-15)8-23-30(16)19(29-18)25-12-3-4-12/h2,5-7,9,12,23H,3-4,8H2,1H3,(H2,24,25,27,29)(H2,26,28,31,32)/b15-7-. The highest BCUT2D eigenvalue weighted by Crippen LogP contribution is 2.26. The Morgan fingerprint density at radius 3 is 2.69 bits per heavy atom. The molecule has 10 nitrogen and oxygen atoms in total. The number of halogens is 2. The molecule has 12 heteroatoms. The second kappa shape index (κ2) is 7.71. The number of urea groups is 1. The molecule has 2 fully saturated rings. The van der Waals surface area contributed by atoms with E-state index in [0.717, 1.165) is 25.0 Å². The van der Waals surface area contributed by atoms with Gasteiger partial charge in [-0.15, -0.1) is 0 Å². The van der Waals surface area contributed by atoms with Gasteiger partial charge in [0.2, 0.25) is 11.9 Å². The fourth-order valence-corrected chi connectivity index (χ4v) is 3.44. The number of hydrogen-bond donors (Lipinski definition) is 5. The summed E-state index contributed by atoms with van der Waals surface area (Å²) in [6.07, 6.45) is 3.61. The number of aliphatic imine (C=N–C) groups is 2. The first-order valence-corrected chi connectivity index (χ1v) is 10.1. The van der Waals surface area contributed by atoms with Crippen molar-refractivity contribution in [3.8, 4) is 0 Å². The van der Waals surface area contributed by atoms with Crippen molar-refractivity contribution in [2.75, 3.05) is 6.54 Å². The number of rotatable bonds is 4. The summed E-state index contributed by atoms with van der Waals surface area (Å²) in [5.41, 5.74) is 4.49. The summed E-state index contributed by atoms with van der Waals surface area (Å²) in [7, 11) is 0. The minimum Gasteiger partial charge on any atom is -0.352 e. The average molecular weight is 442 g/mol. The molecule has 1 unspecified atom stereocenters. The van der Waals surface area contributed by atoms with Crippen molar-refractivity contribution in [3.05, 3.63) is 58.6 Å². The van der Waals surface area contributed by atoms with Crippen LogP contribution in [0.2, 0.25) is 0 Å². The summed E-state index contributed by atoms with van der Waals surface area (Å²) in [5.74, 6) is -1.05. The maximum absolute atomic E-state index is 13.6. The molecule has 166 valence electrons. The minimum absolute atomic E-state index is 0.125. The van der Waals surface area contributed by atoms with Gasteiger partial charge in [0.15, 0.2) is 17.5 Å². The van der Waals surface area contributed by atoms with Gasteiger partial charge in [0.05, 0.1) is 6.04 Å². The second-order valence-corrected chi connectivity index (χ2v) is 7.81. The molecule has 1 saturated heterocycles. The molecule has 5 N–H and O–H groups in total. The van der Waals surface area contributed by atoms with E-state index in [-0.39, 0.29) is 11.7 Å². The van der Waals surface area contributed by atoms with Gasteiger partial charge in [0.25, 0.3) is 5.91 Å². The fraction of sp³-hybridized carbons (Fsp3) is 0.300. The van der Waals surface area contributed by atoms with Crippen molar-refractivity contribution >= 4 is 23.9 Å². The van der Waals surface area contributed by atoms with Crippen LogP contribution < -0.4 is 26.7 Å². The lowest BCUT2D eigenvalue weighted by Crippen LogP contribution is -2.49. The van der Waals surface area contributed by atoms with Crippen LogP contribution in [0.5, 0.6) is 0 Å². The highest BCUT2D eigenvalue weighted by molar-refractivity contribution is 6.12. The van der Waals surface area contributed by atoms with E-state index in [1.807, 2.05) is 0 Å². The lowest BCUT2D eigenvalue weighted by molar-refractivity contribution is -0.115. The number of guanidine groups is 2. The molecule has 32 heavy (non-hydrogen) atoms. The maximum atomic E-state index is 13.6. The maximum Gasteiger partial charge on any atom is 0.326 e. The molecule has 1 aliphatic carbocycles. The van der Waals surface area contributed by atoms with E-state index in [2.05, 4.69) is 36.7 Å². The van der Waals surface area contributed by atoms with Gasteiger partial charge in [-0.2, -0.15) is 9.98 Å². The van der Waals surface area contributed by atoms with Gasteiger partial charge in [0.1, 0.15) is 5.70 Å². The Bertz CT molecular complexity index is 1140. The molecule has 5 rings (SSSR count). The Morgan fingerprint density at radius 1 is 1.19 bits per heavy atom. The van der Waals surface area contributed by atoms with Crippen LogP contribution in [0.3, 0.4) is 0 Å². The van der Waals surface area contributed by atoms with Gasteiger partial charge >= 0.3 is 6.03 Å². The average Bonchev–Trinajstić information content (AvgIpc) is 3.38. The van der Waals surface area contributed by atoms with Gasteiger partial charge in [-0.1, -0.05) is 6.07 Å². The number of imide groups is 1. The van der Waals surface area contributed by atoms with Crippen molar-refractivity contribution in [1.29, 1.82) is 0 Å². The van der Waals surface area contributed by atoms with Crippen LogP contribution in [0.15, 0.2) is 51.4 Å². The van der Waals surface area contributed by atoms with Crippen molar-refractivity contribution < 1.29 is 18.4 Å². The predicted octanol–water partition coefficient (Wildman–Crippen LogP) is 0.848. The normalized spacial score (nSPS) is 22.3. The SMILES string of the molecule is CC(NC1=NC2=C(/C=C3\NC(=O)NC3=O)CNN2C(NC2CC2)=N1)c1ccc(F)c(F)c1. The van der Waals surface area contributed by atoms with Gasteiger partial charge in [0, 0.05) is 18.2 Å². The summed E-state index contributed by atoms with van der Waals surface area (Å²) in [4.78, 5) is 32.4. The summed E-state index contributed by atoms with van der Waals surface area (Å²) < 4.78 is 26.9. The number of carbonyl (C=O) groups excluding carboxylic acids is 2. The molecular weight excluding hydrogens is 422 g/mol. The third-order valence-electron chi connectivity index (χ3n) is 5.30. The molecule has 3 heterocycles. The zero-order valence-electron chi connectivity index (χ0n) is 17.0. The third-order valence-corrected chi connectivity index (χ3v) is 5.30.